The first-order valence-corrected chi connectivity index (χ1v) is 12.5. The van der Waals surface area contributed by atoms with Gasteiger partial charge in [0.15, 0.2) is 5.60 Å². The first-order valence-electron chi connectivity index (χ1n) is 12.5. The van der Waals surface area contributed by atoms with Crippen LogP contribution in [0, 0.1) is 0 Å². The van der Waals surface area contributed by atoms with Gasteiger partial charge >= 0.3 is 5.97 Å². The Balaban J connectivity index is 1.82. The molecule has 5 heteroatoms. The molecule has 34 heavy (non-hydrogen) atoms. The maximum atomic E-state index is 13.0. The molecule has 1 aliphatic heterocycles. The number of ether oxygens (including phenoxy) is 1. The van der Waals surface area contributed by atoms with Crippen molar-refractivity contribution in [2.75, 3.05) is 36.0 Å². The van der Waals surface area contributed by atoms with Crippen molar-refractivity contribution in [3.63, 3.8) is 0 Å². The highest BCUT2D eigenvalue weighted by atomic mass is 16.6. The maximum Gasteiger partial charge on any atom is 0.340 e. The summed E-state index contributed by atoms with van der Waals surface area (Å²) in [5.74, 6) is -0.312. The van der Waals surface area contributed by atoms with Crippen LogP contribution in [0.4, 0.5) is 11.4 Å². The lowest BCUT2D eigenvalue weighted by atomic mass is 9.80. The van der Waals surface area contributed by atoms with Crippen molar-refractivity contribution in [1.82, 2.24) is 4.98 Å². The van der Waals surface area contributed by atoms with E-state index in [1.807, 2.05) is 0 Å². The van der Waals surface area contributed by atoms with E-state index < -0.39 is 5.60 Å². The number of benzene rings is 2. The van der Waals surface area contributed by atoms with E-state index in [0.29, 0.717) is 5.56 Å². The third-order valence-corrected chi connectivity index (χ3v) is 6.69. The molecule has 1 aliphatic rings. The van der Waals surface area contributed by atoms with Crippen LogP contribution in [0.3, 0.4) is 0 Å². The van der Waals surface area contributed by atoms with E-state index in [9.17, 15) is 4.79 Å². The third-order valence-electron chi connectivity index (χ3n) is 6.69. The van der Waals surface area contributed by atoms with E-state index in [4.69, 9.17) is 4.74 Å². The van der Waals surface area contributed by atoms with Gasteiger partial charge < -0.3 is 14.5 Å². The molecule has 4 rings (SSSR count). The zero-order chi connectivity index (χ0) is 24.1. The predicted molar refractivity (Wildman–Crippen MR) is 139 cm³/mol. The summed E-state index contributed by atoms with van der Waals surface area (Å²) < 4.78 is 6.23. The van der Waals surface area contributed by atoms with E-state index in [2.05, 4.69) is 91.0 Å². The van der Waals surface area contributed by atoms with Crippen molar-refractivity contribution < 1.29 is 9.53 Å². The lowest BCUT2D eigenvalue weighted by Gasteiger charge is -2.31. The number of carbonyl (C=O) groups is 1. The molecule has 2 aromatic carbocycles. The summed E-state index contributed by atoms with van der Waals surface area (Å²) in [5.41, 5.74) is 4.56. The molecule has 178 valence electrons. The number of rotatable bonds is 10. The van der Waals surface area contributed by atoms with Gasteiger partial charge in [-0.2, -0.15) is 0 Å². The zero-order valence-corrected chi connectivity index (χ0v) is 20.8. The van der Waals surface area contributed by atoms with Gasteiger partial charge in [0.1, 0.15) is 0 Å². The average molecular weight is 458 g/mol. The van der Waals surface area contributed by atoms with Gasteiger partial charge in [0, 0.05) is 66.6 Å². The summed E-state index contributed by atoms with van der Waals surface area (Å²) in [6, 6.07) is 18.6. The standard InChI is InChI=1S/C29H35N3O2/c1-5-19-32(20-6-2)25-15-11-23(12-16-25)29(27-21-30-18-17-26(27)28(33)34-29)22-9-13-24(14-10-22)31(7-3)8-4/h9-18,21H,5-8,19-20H2,1-4H3. The third kappa shape index (κ3) is 4.15. The highest BCUT2D eigenvalue weighted by Crippen LogP contribution is 2.47. The Bertz CT molecular complexity index is 1100. The lowest BCUT2D eigenvalue weighted by Crippen LogP contribution is -2.30. The van der Waals surface area contributed by atoms with Crippen molar-refractivity contribution in [1.29, 1.82) is 0 Å². The normalized spacial score (nSPS) is 16.8. The second kappa shape index (κ2) is 10.3. The van der Waals surface area contributed by atoms with Gasteiger partial charge in [-0.3, -0.25) is 4.98 Å². The van der Waals surface area contributed by atoms with Crippen LogP contribution < -0.4 is 9.80 Å². The van der Waals surface area contributed by atoms with Gasteiger partial charge in [0.2, 0.25) is 0 Å². The SMILES string of the molecule is CCCN(CCC)c1ccc(C2(c3ccc(N(CC)CC)cc3)OC(=O)c3ccncc32)cc1. The number of aromatic nitrogens is 1. The Kier molecular flexibility index (Phi) is 7.20. The van der Waals surface area contributed by atoms with Crippen molar-refractivity contribution >= 4 is 17.3 Å². The number of cyclic esters (lactones) is 1. The second-order valence-corrected chi connectivity index (χ2v) is 8.75. The Morgan fingerprint density at radius 3 is 1.79 bits per heavy atom. The van der Waals surface area contributed by atoms with E-state index in [0.717, 1.165) is 61.4 Å². The van der Waals surface area contributed by atoms with Gasteiger partial charge in [-0.05, 0) is 57.0 Å². The van der Waals surface area contributed by atoms with Crippen LogP contribution in [0.1, 0.15) is 67.6 Å². The van der Waals surface area contributed by atoms with Gasteiger partial charge in [0.05, 0.1) is 5.56 Å². The minimum Gasteiger partial charge on any atom is -0.441 e. The molecule has 0 saturated heterocycles. The van der Waals surface area contributed by atoms with Gasteiger partial charge in [-0.15, -0.1) is 0 Å². The second-order valence-electron chi connectivity index (χ2n) is 8.75. The topological polar surface area (TPSA) is 45.7 Å². The number of hydrogen-bond acceptors (Lipinski definition) is 5. The number of anilines is 2. The van der Waals surface area contributed by atoms with Crippen molar-refractivity contribution in [3.05, 3.63) is 89.2 Å². The van der Waals surface area contributed by atoms with Gasteiger partial charge in [-0.1, -0.05) is 38.1 Å². The molecular formula is C29H35N3O2. The van der Waals surface area contributed by atoms with E-state index in [-0.39, 0.29) is 5.97 Å². The fourth-order valence-corrected chi connectivity index (χ4v) is 5.01. The molecule has 1 unspecified atom stereocenters. The minimum absolute atomic E-state index is 0.312. The van der Waals surface area contributed by atoms with Crippen LogP contribution in [0.25, 0.3) is 0 Å². The average Bonchev–Trinajstić information content (AvgIpc) is 3.19. The molecule has 0 saturated carbocycles. The summed E-state index contributed by atoms with van der Waals surface area (Å²) in [6.45, 7) is 12.6. The van der Waals surface area contributed by atoms with Gasteiger partial charge in [0.25, 0.3) is 0 Å². The summed E-state index contributed by atoms with van der Waals surface area (Å²) in [4.78, 5) is 22.0. The van der Waals surface area contributed by atoms with Crippen LogP contribution in [-0.4, -0.2) is 37.1 Å². The number of esters is 1. The Labute approximate surface area is 203 Å². The van der Waals surface area contributed by atoms with E-state index in [1.54, 1.807) is 18.5 Å². The molecule has 0 bridgehead atoms. The van der Waals surface area contributed by atoms with Crippen LogP contribution in [0.5, 0.6) is 0 Å². The van der Waals surface area contributed by atoms with Crippen molar-refractivity contribution in [2.45, 2.75) is 46.1 Å². The Hall–Kier alpha value is -3.34. The highest BCUT2D eigenvalue weighted by Gasteiger charge is 2.48. The molecule has 0 aliphatic carbocycles. The van der Waals surface area contributed by atoms with Crippen LogP contribution in [0.2, 0.25) is 0 Å². The predicted octanol–water partition coefficient (Wildman–Crippen LogP) is 6.02. The molecule has 1 atom stereocenters. The van der Waals surface area contributed by atoms with Crippen molar-refractivity contribution in [2.24, 2.45) is 0 Å². The molecule has 3 aromatic rings. The number of pyridine rings is 1. The molecule has 1 aromatic heterocycles. The first-order chi connectivity index (χ1) is 16.6. The van der Waals surface area contributed by atoms with Crippen LogP contribution in [-0.2, 0) is 10.3 Å². The fourth-order valence-electron chi connectivity index (χ4n) is 5.01. The summed E-state index contributed by atoms with van der Waals surface area (Å²) >= 11 is 0. The zero-order valence-electron chi connectivity index (χ0n) is 20.8. The molecule has 0 amide bonds. The quantitative estimate of drug-likeness (QED) is 0.349. The van der Waals surface area contributed by atoms with E-state index in [1.165, 1.54) is 5.69 Å². The maximum absolute atomic E-state index is 13.0. The summed E-state index contributed by atoms with van der Waals surface area (Å²) in [6.07, 6.45) is 5.62. The molecule has 5 nitrogen and oxygen atoms in total. The molecular weight excluding hydrogens is 422 g/mol. The molecule has 0 spiro atoms. The largest absolute Gasteiger partial charge is 0.441 e. The minimum atomic E-state index is -1.01. The monoisotopic (exact) mass is 457 g/mol. The summed E-state index contributed by atoms with van der Waals surface area (Å²) in [7, 11) is 0. The smallest absolute Gasteiger partial charge is 0.340 e. The first kappa shape index (κ1) is 23.8. The number of fused-ring (bicyclic) bond motifs is 1. The van der Waals surface area contributed by atoms with Gasteiger partial charge in [-0.25, -0.2) is 4.79 Å². The number of carbonyl (C=O) groups excluding carboxylic acids is 1. The molecule has 0 radical (unpaired) electrons. The molecule has 0 N–H and O–H groups in total. The van der Waals surface area contributed by atoms with Crippen LogP contribution >= 0.6 is 0 Å². The number of nitrogens with zero attached hydrogens (tertiary/aromatic N) is 3. The van der Waals surface area contributed by atoms with Crippen molar-refractivity contribution in [3.8, 4) is 0 Å². The fraction of sp³-hybridized carbons (Fsp3) is 0.379. The number of hydrogen-bond donors (Lipinski definition) is 0. The van der Waals surface area contributed by atoms with Crippen LogP contribution in [0.15, 0.2) is 67.0 Å². The Morgan fingerprint density at radius 1 is 0.765 bits per heavy atom. The molecule has 0 fully saturated rings. The summed E-state index contributed by atoms with van der Waals surface area (Å²) in [5, 5.41) is 0. The molecule has 2 heterocycles. The van der Waals surface area contributed by atoms with E-state index >= 15 is 0 Å². The highest BCUT2D eigenvalue weighted by molar-refractivity contribution is 5.96. The lowest BCUT2D eigenvalue weighted by molar-refractivity contribution is 0.0251. The Morgan fingerprint density at radius 2 is 1.29 bits per heavy atom.